The van der Waals surface area contributed by atoms with Crippen LogP contribution < -0.4 is 5.32 Å². The molecule has 0 unspecified atom stereocenters. The third kappa shape index (κ3) is 3.24. The minimum absolute atomic E-state index is 0.0123. The lowest BCUT2D eigenvalue weighted by molar-refractivity contribution is -0.137. The molecule has 4 heterocycles. The van der Waals surface area contributed by atoms with Gasteiger partial charge in [0.15, 0.2) is 5.69 Å². The molecular formula is C19H29N5O2. The molecule has 142 valence electrons. The highest BCUT2D eigenvalue weighted by molar-refractivity contribution is 5.94. The fraction of sp³-hybridized carbons (Fsp3) is 0.737. The maximum atomic E-state index is 13.1. The van der Waals surface area contributed by atoms with Crippen LogP contribution in [0.5, 0.6) is 0 Å². The van der Waals surface area contributed by atoms with Crippen LogP contribution in [0, 0.1) is 5.92 Å². The van der Waals surface area contributed by atoms with Gasteiger partial charge in [0.2, 0.25) is 5.91 Å². The fourth-order valence-electron chi connectivity index (χ4n) is 4.58. The van der Waals surface area contributed by atoms with Gasteiger partial charge >= 0.3 is 0 Å². The molecular weight excluding hydrogens is 330 g/mol. The quantitative estimate of drug-likeness (QED) is 0.853. The molecule has 0 spiro atoms. The summed E-state index contributed by atoms with van der Waals surface area (Å²) in [6.45, 7) is 4.64. The molecule has 0 aromatic carbocycles. The molecule has 1 atom stereocenters. The number of piperidine rings is 2. The highest BCUT2D eigenvalue weighted by Crippen LogP contribution is 2.24. The Bertz CT molecular complexity index is 692. The largest absolute Gasteiger partial charge is 0.342 e. The van der Waals surface area contributed by atoms with E-state index in [4.69, 9.17) is 0 Å². The number of amides is 2. The van der Waals surface area contributed by atoms with Gasteiger partial charge in [-0.05, 0) is 32.1 Å². The Morgan fingerprint density at radius 2 is 1.85 bits per heavy atom. The number of aryl methyl sites for hydroxylation is 1. The third-order valence-electron chi connectivity index (χ3n) is 6.04. The van der Waals surface area contributed by atoms with Gasteiger partial charge in [0, 0.05) is 64.0 Å². The van der Waals surface area contributed by atoms with Crippen LogP contribution in [0.4, 0.5) is 0 Å². The van der Waals surface area contributed by atoms with Crippen LogP contribution in [0.3, 0.4) is 0 Å². The summed E-state index contributed by atoms with van der Waals surface area (Å²) in [7, 11) is 1.92. The summed E-state index contributed by atoms with van der Waals surface area (Å²) in [5.74, 6) is 0.178. The summed E-state index contributed by atoms with van der Waals surface area (Å²) in [5, 5.41) is 7.85. The van der Waals surface area contributed by atoms with Crippen molar-refractivity contribution in [3.05, 3.63) is 17.0 Å². The second kappa shape index (κ2) is 7.39. The highest BCUT2D eigenvalue weighted by atomic mass is 16.2. The summed E-state index contributed by atoms with van der Waals surface area (Å²) in [4.78, 5) is 29.8. The van der Waals surface area contributed by atoms with Crippen molar-refractivity contribution < 1.29 is 9.59 Å². The Morgan fingerprint density at radius 1 is 1.08 bits per heavy atom. The average molecular weight is 359 g/mol. The number of nitrogens with zero attached hydrogens (tertiary/aromatic N) is 4. The molecule has 2 amide bonds. The van der Waals surface area contributed by atoms with Crippen LogP contribution in [0.2, 0.25) is 0 Å². The molecule has 1 aromatic rings. The zero-order chi connectivity index (χ0) is 18.1. The monoisotopic (exact) mass is 359 g/mol. The molecule has 2 saturated heterocycles. The molecule has 0 saturated carbocycles. The van der Waals surface area contributed by atoms with Crippen LogP contribution in [0.1, 0.15) is 53.8 Å². The van der Waals surface area contributed by atoms with E-state index in [1.165, 1.54) is 6.42 Å². The molecule has 0 aliphatic carbocycles. The van der Waals surface area contributed by atoms with Gasteiger partial charge in [0.25, 0.3) is 5.91 Å². The maximum Gasteiger partial charge on any atom is 0.274 e. The smallest absolute Gasteiger partial charge is 0.274 e. The number of likely N-dealkylation sites (tertiary alicyclic amines) is 2. The molecule has 1 N–H and O–H groups in total. The topological polar surface area (TPSA) is 70.5 Å². The van der Waals surface area contributed by atoms with Crippen LogP contribution >= 0.6 is 0 Å². The minimum atomic E-state index is -0.0523. The van der Waals surface area contributed by atoms with E-state index >= 15 is 0 Å². The lowest BCUT2D eigenvalue weighted by atomic mass is 9.95. The van der Waals surface area contributed by atoms with Gasteiger partial charge in [-0.15, -0.1) is 0 Å². The standard InChI is InChI=1S/C19H29N5O2/c1-22-16-7-8-20-12-15(16)17(21-22)19(26)24-11-5-6-14(13-24)18(25)23-9-3-2-4-10-23/h14,20H,2-13H2,1H3/t14-/m0/s1. The Kier molecular flexibility index (Phi) is 4.98. The first-order valence-corrected chi connectivity index (χ1v) is 9.98. The maximum absolute atomic E-state index is 13.1. The molecule has 0 radical (unpaired) electrons. The normalized spacial score (nSPS) is 23.7. The third-order valence-corrected chi connectivity index (χ3v) is 6.04. The molecule has 7 heteroatoms. The van der Waals surface area contributed by atoms with Crippen molar-refractivity contribution in [3.63, 3.8) is 0 Å². The molecule has 26 heavy (non-hydrogen) atoms. The number of hydrogen-bond donors (Lipinski definition) is 1. The zero-order valence-electron chi connectivity index (χ0n) is 15.7. The number of hydrogen-bond acceptors (Lipinski definition) is 4. The molecule has 3 aliphatic rings. The predicted octanol–water partition coefficient (Wildman–Crippen LogP) is 0.931. The predicted molar refractivity (Wildman–Crippen MR) is 97.7 cm³/mol. The van der Waals surface area contributed by atoms with Gasteiger partial charge < -0.3 is 15.1 Å². The number of carbonyl (C=O) groups is 2. The van der Waals surface area contributed by atoms with Gasteiger partial charge in [0.1, 0.15) is 0 Å². The Labute approximate surface area is 154 Å². The Morgan fingerprint density at radius 3 is 2.65 bits per heavy atom. The summed E-state index contributed by atoms with van der Waals surface area (Å²) in [5.41, 5.74) is 2.76. The van der Waals surface area contributed by atoms with Crippen molar-refractivity contribution in [1.29, 1.82) is 0 Å². The Hall–Kier alpha value is -1.89. The van der Waals surface area contributed by atoms with E-state index in [9.17, 15) is 9.59 Å². The SMILES string of the molecule is Cn1nc(C(=O)N2CCC[C@H](C(=O)N3CCCCC3)C2)c2c1CCNC2. The number of nitrogens with one attached hydrogen (secondary N) is 1. The zero-order valence-corrected chi connectivity index (χ0v) is 15.7. The van der Waals surface area contributed by atoms with E-state index in [1.807, 2.05) is 21.5 Å². The second-order valence-corrected chi connectivity index (χ2v) is 7.80. The Balaban J connectivity index is 1.47. The number of aromatic nitrogens is 2. The van der Waals surface area contributed by atoms with Gasteiger partial charge in [-0.2, -0.15) is 5.10 Å². The lowest BCUT2D eigenvalue weighted by Gasteiger charge is -2.36. The molecule has 1 aromatic heterocycles. The number of rotatable bonds is 2. The van der Waals surface area contributed by atoms with Crippen LogP contribution in [0.15, 0.2) is 0 Å². The molecule has 3 aliphatic heterocycles. The molecule has 2 fully saturated rings. The van der Waals surface area contributed by atoms with Crippen molar-refractivity contribution in [2.45, 2.75) is 45.1 Å². The van der Waals surface area contributed by atoms with E-state index in [0.717, 1.165) is 69.5 Å². The van der Waals surface area contributed by atoms with E-state index in [1.54, 1.807) is 0 Å². The minimum Gasteiger partial charge on any atom is -0.342 e. The summed E-state index contributed by atoms with van der Waals surface area (Å²) in [6, 6.07) is 0. The lowest BCUT2D eigenvalue weighted by Crippen LogP contribution is -2.48. The second-order valence-electron chi connectivity index (χ2n) is 7.80. The first-order valence-electron chi connectivity index (χ1n) is 9.98. The molecule has 7 nitrogen and oxygen atoms in total. The van der Waals surface area contributed by atoms with Crippen molar-refractivity contribution in [1.82, 2.24) is 24.9 Å². The van der Waals surface area contributed by atoms with E-state index < -0.39 is 0 Å². The summed E-state index contributed by atoms with van der Waals surface area (Å²) >= 11 is 0. The van der Waals surface area contributed by atoms with Crippen molar-refractivity contribution in [2.75, 3.05) is 32.7 Å². The molecule has 0 bridgehead atoms. The summed E-state index contributed by atoms with van der Waals surface area (Å²) in [6.07, 6.45) is 6.12. The van der Waals surface area contributed by atoms with E-state index in [0.29, 0.717) is 18.8 Å². The highest BCUT2D eigenvalue weighted by Gasteiger charge is 2.34. The van der Waals surface area contributed by atoms with Crippen LogP contribution in [0.25, 0.3) is 0 Å². The van der Waals surface area contributed by atoms with Crippen LogP contribution in [-0.2, 0) is 24.8 Å². The number of fused-ring (bicyclic) bond motifs is 1. The van der Waals surface area contributed by atoms with Crippen molar-refractivity contribution in [3.8, 4) is 0 Å². The van der Waals surface area contributed by atoms with Gasteiger partial charge in [-0.3, -0.25) is 14.3 Å². The first kappa shape index (κ1) is 17.5. The fourth-order valence-corrected chi connectivity index (χ4v) is 4.58. The van der Waals surface area contributed by atoms with Crippen molar-refractivity contribution >= 4 is 11.8 Å². The van der Waals surface area contributed by atoms with Gasteiger partial charge in [0.05, 0.1) is 5.92 Å². The van der Waals surface area contributed by atoms with Crippen molar-refractivity contribution in [2.24, 2.45) is 13.0 Å². The average Bonchev–Trinajstić information content (AvgIpc) is 3.04. The molecule has 4 rings (SSSR count). The van der Waals surface area contributed by atoms with Gasteiger partial charge in [-0.25, -0.2) is 0 Å². The van der Waals surface area contributed by atoms with E-state index in [2.05, 4.69) is 10.4 Å². The van der Waals surface area contributed by atoms with E-state index in [-0.39, 0.29) is 17.7 Å². The van der Waals surface area contributed by atoms with Crippen LogP contribution in [-0.4, -0.2) is 64.1 Å². The summed E-state index contributed by atoms with van der Waals surface area (Å²) < 4.78 is 1.85. The number of carbonyl (C=O) groups excluding carboxylic acids is 2. The van der Waals surface area contributed by atoms with Gasteiger partial charge in [-0.1, -0.05) is 0 Å². The first-order chi connectivity index (χ1) is 12.6.